The van der Waals surface area contributed by atoms with Gasteiger partial charge in [-0.15, -0.1) is 11.8 Å². The lowest BCUT2D eigenvalue weighted by molar-refractivity contribution is 0.516. The fraction of sp³-hybridized carbons (Fsp3) is 0.600. The van der Waals surface area contributed by atoms with Gasteiger partial charge in [0.05, 0.1) is 0 Å². The van der Waals surface area contributed by atoms with Gasteiger partial charge in [0.15, 0.2) is 5.82 Å². The van der Waals surface area contributed by atoms with Crippen LogP contribution in [0.3, 0.4) is 0 Å². The zero-order valence-corrected chi connectivity index (χ0v) is 15.9. The minimum absolute atomic E-state index is 0.658. The van der Waals surface area contributed by atoms with Crippen molar-refractivity contribution in [2.24, 2.45) is 0 Å². The topological polar surface area (TPSA) is 53.6 Å². The summed E-state index contributed by atoms with van der Waals surface area (Å²) in [4.78, 5) is 5.98. The summed E-state index contributed by atoms with van der Waals surface area (Å²) in [5.41, 5.74) is 2.33. The van der Waals surface area contributed by atoms with Crippen LogP contribution in [-0.2, 0) is 0 Å². The van der Waals surface area contributed by atoms with E-state index in [2.05, 4.69) is 45.6 Å². The number of aromatic amines is 1. The highest BCUT2D eigenvalue weighted by atomic mass is 32.2. The van der Waals surface area contributed by atoms with Crippen LogP contribution < -0.4 is 5.32 Å². The molecule has 0 unspecified atom stereocenters. The maximum atomic E-state index is 4.65. The van der Waals surface area contributed by atoms with Crippen molar-refractivity contribution in [2.75, 3.05) is 5.32 Å². The standard InChI is InChI=1S/C20H28N4S/c1-14-11-17(25-16-9-3-2-4-10-16)12-19(21-14)22-20-13-18(23-24-20)15-7-5-6-8-15/h11-13,15-16H,2-10H2,1H3,(H2,21,22,23,24). The van der Waals surface area contributed by atoms with E-state index in [0.717, 1.165) is 22.6 Å². The van der Waals surface area contributed by atoms with Crippen molar-refractivity contribution in [1.82, 2.24) is 15.2 Å². The van der Waals surface area contributed by atoms with Crippen LogP contribution in [0.25, 0.3) is 0 Å². The highest BCUT2D eigenvalue weighted by molar-refractivity contribution is 8.00. The van der Waals surface area contributed by atoms with Crippen LogP contribution in [0.1, 0.15) is 75.1 Å². The number of hydrogen-bond acceptors (Lipinski definition) is 4. The molecule has 0 bridgehead atoms. The van der Waals surface area contributed by atoms with Gasteiger partial charge in [-0.1, -0.05) is 32.1 Å². The van der Waals surface area contributed by atoms with E-state index in [-0.39, 0.29) is 0 Å². The number of rotatable bonds is 5. The first-order chi connectivity index (χ1) is 12.3. The Bertz CT molecular complexity index is 699. The number of H-pyrrole nitrogens is 1. The summed E-state index contributed by atoms with van der Waals surface area (Å²) in [6.07, 6.45) is 12.1. The molecular weight excluding hydrogens is 328 g/mol. The Labute approximate surface area is 154 Å². The van der Waals surface area contributed by atoms with E-state index >= 15 is 0 Å². The fourth-order valence-corrected chi connectivity index (χ4v) is 5.49. The Balaban J connectivity index is 1.44. The van der Waals surface area contributed by atoms with Crippen LogP contribution >= 0.6 is 11.8 Å². The molecule has 0 aliphatic heterocycles. The fourth-order valence-electron chi connectivity index (χ4n) is 4.12. The minimum atomic E-state index is 0.658. The second-order valence-electron chi connectivity index (χ2n) is 7.52. The van der Waals surface area contributed by atoms with E-state index in [1.54, 1.807) is 0 Å². The summed E-state index contributed by atoms with van der Waals surface area (Å²) in [6, 6.07) is 6.54. The lowest BCUT2D eigenvalue weighted by atomic mass is 10.0. The highest BCUT2D eigenvalue weighted by Crippen LogP contribution is 2.36. The van der Waals surface area contributed by atoms with E-state index in [1.165, 1.54) is 68.4 Å². The molecule has 0 saturated heterocycles. The second kappa shape index (κ2) is 7.81. The van der Waals surface area contributed by atoms with Crippen molar-refractivity contribution < 1.29 is 0 Å². The van der Waals surface area contributed by atoms with Gasteiger partial charge in [0.2, 0.25) is 0 Å². The van der Waals surface area contributed by atoms with Gasteiger partial charge < -0.3 is 5.32 Å². The summed E-state index contributed by atoms with van der Waals surface area (Å²) in [5.74, 6) is 2.45. The second-order valence-corrected chi connectivity index (χ2v) is 8.90. The van der Waals surface area contributed by atoms with Gasteiger partial charge in [-0.2, -0.15) is 5.10 Å². The number of pyridine rings is 1. The molecule has 0 amide bonds. The molecule has 25 heavy (non-hydrogen) atoms. The Morgan fingerprint density at radius 2 is 1.72 bits per heavy atom. The quantitative estimate of drug-likeness (QED) is 0.696. The summed E-state index contributed by atoms with van der Waals surface area (Å²) in [6.45, 7) is 2.07. The number of aryl methyl sites for hydroxylation is 1. The summed E-state index contributed by atoms with van der Waals surface area (Å²) in [5, 5.41) is 11.8. The van der Waals surface area contributed by atoms with Crippen molar-refractivity contribution >= 4 is 23.4 Å². The predicted octanol–water partition coefficient (Wildman–Crippen LogP) is 5.94. The van der Waals surface area contributed by atoms with Gasteiger partial charge in [-0.3, -0.25) is 5.10 Å². The van der Waals surface area contributed by atoms with Crippen LogP contribution in [0.2, 0.25) is 0 Å². The number of nitrogens with zero attached hydrogens (tertiary/aromatic N) is 2. The number of aromatic nitrogens is 3. The first-order valence-corrected chi connectivity index (χ1v) is 10.6. The lowest BCUT2D eigenvalue weighted by Crippen LogP contribution is -2.07. The van der Waals surface area contributed by atoms with E-state index < -0.39 is 0 Å². The van der Waals surface area contributed by atoms with Gasteiger partial charge in [0, 0.05) is 33.5 Å². The molecule has 5 heteroatoms. The molecule has 2 heterocycles. The van der Waals surface area contributed by atoms with E-state index in [1.807, 2.05) is 11.8 Å². The Morgan fingerprint density at radius 1 is 0.960 bits per heavy atom. The number of nitrogens with one attached hydrogen (secondary N) is 2. The molecule has 2 aromatic heterocycles. The van der Waals surface area contributed by atoms with Crippen molar-refractivity contribution in [2.45, 2.75) is 80.8 Å². The maximum Gasteiger partial charge on any atom is 0.153 e. The molecule has 0 aromatic carbocycles. The largest absolute Gasteiger partial charge is 0.323 e. The molecule has 2 saturated carbocycles. The third kappa shape index (κ3) is 4.38. The third-order valence-electron chi connectivity index (χ3n) is 5.43. The zero-order chi connectivity index (χ0) is 17.1. The van der Waals surface area contributed by atoms with E-state index in [4.69, 9.17) is 0 Å². The van der Waals surface area contributed by atoms with Crippen molar-refractivity contribution in [3.8, 4) is 0 Å². The van der Waals surface area contributed by atoms with Crippen molar-refractivity contribution in [1.29, 1.82) is 0 Å². The first-order valence-electron chi connectivity index (χ1n) is 9.74. The molecule has 0 radical (unpaired) electrons. The molecule has 2 N–H and O–H groups in total. The van der Waals surface area contributed by atoms with Crippen molar-refractivity contribution in [3.05, 3.63) is 29.6 Å². The number of thioether (sulfide) groups is 1. The molecule has 4 nitrogen and oxygen atoms in total. The van der Waals surface area contributed by atoms with Crippen LogP contribution in [0.15, 0.2) is 23.1 Å². The smallest absolute Gasteiger partial charge is 0.153 e. The molecule has 2 aliphatic rings. The molecule has 2 aliphatic carbocycles. The molecule has 2 aromatic rings. The zero-order valence-electron chi connectivity index (χ0n) is 15.1. The molecule has 2 fully saturated rings. The first kappa shape index (κ1) is 17.0. The Morgan fingerprint density at radius 3 is 2.52 bits per heavy atom. The average molecular weight is 357 g/mol. The Hall–Kier alpha value is -1.49. The van der Waals surface area contributed by atoms with Crippen LogP contribution in [0.4, 0.5) is 11.6 Å². The number of anilines is 2. The minimum Gasteiger partial charge on any atom is -0.323 e. The normalized spacial score (nSPS) is 19.4. The molecule has 0 spiro atoms. The summed E-state index contributed by atoms with van der Waals surface area (Å²) >= 11 is 2.02. The molecule has 4 rings (SSSR count). The van der Waals surface area contributed by atoms with Crippen LogP contribution in [-0.4, -0.2) is 20.4 Å². The Kier molecular flexibility index (Phi) is 5.30. The highest BCUT2D eigenvalue weighted by Gasteiger charge is 2.19. The monoisotopic (exact) mass is 356 g/mol. The van der Waals surface area contributed by atoms with Gasteiger partial charge >= 0.3 is 0 Å². The maximum absolute atomic E-state index is 4.65. The molecule has 134 valence electrons. The third-order valence-corrected chi connectivity index (χ3v) is 6.74. The van der Waals surface area contributed by atoms with Crippen LogP contribution in [0, 0.1) is 6.92 Å². The average Bonchev–Trinajstić information content (AvgIpc) is 3.26. The van der Waals surface area contributed by atoms with E-state index in [0.29, 0.717) is 5.92 Å². The molecule has 0 atom stereocenters. The summed E-state index contributed by atoms with van der Waals surface area (Å²) < 4.78 is 0. The van der Waals surface area contributed by atoms with Gasteiger partial charge in [-0.25, -0.2) is 4.98 Å². The number of hydrogen-bond donors (Lipinski definition) is 2. The summed E-state index contributed by atoms with van der Waals surface area (Å²) in [7, 11) is 0. The van der Waals surface area contributed by atoms with Crippen LogP contribution in [0.5, 0.6) is 0 Å². The lowest BCUT2D eigenvalue weighted by Gasteiger charge is -2.21. The van der Waals surface area contributed by atoms with E-state index in [9.17, 15) is 0 Å². The SMILES string of the molecule is Cc1cc(SC2CCCCC2)cc(Nc2cc(C3CCCC3)[nH]n2)n1. The predicted molar refractivity (Wildman–Crippen MR) is 105 cm³/mol. The molecular formula is C20H28N4S. The van der Waals surface area contributed by atoms with Gasteiger partial charge in [0.1, 0.15) is 5.82 Å². The van der Waals surface area contributed by atoms with Gasteiger partial charge in [0.25, 0.3) is 0 Å². The van der Waals surface area contributed by atoms with Gasteiger partial charge in [-0.05, 0) is 44.7 Å². The van der Waals surface area contributed by atoms with Crippen molar-refractivity contribution in [3.63, 3.8) is 0 Å².